The highest BCUT2D eigenvalue weighted by Gasteiger charge is 2.52. The molecule has 0 aliphatic carbocycles. The van der Waals surface area contributed by atoms with Gasteiger partial charge in [0.15, 0.2) is 0 Å². The van der Waals surface area contributed by atoms with E-state index in [1.165, 1.54) is 12.1 Å². The van der Waals surface area contributed by atoms with Gasteiger partial charge in [0.2, 0.25) is 5.91 Å². The Morgan fingerprint density at radius 3 is 2.45 bits per heavy atom. The summed E-state index contributed by atoms with van der Waals surface area (Å²) >= 11 is 0. The van der Waals surface area contributed by atoms with E-state index in [1.54, 1.807) is 31.7 Å². The molecule has 0 saturated carbocycles. The minimum Gasteiger partial charge on any atom is -0.444 e. The molecule has 2 aliphatic rings. The summed E-state index contributed by atoms with van der Waals surface area (Å²) in [4.78, 5) is 27.0. The average molecular weight is 462 g/mol. The lowest BCUT2D eigenvalue weighted by atomic mass is 9.75. The summed E-state index contributed by atoms with van der Waals surface area (Å²) < 4.78 is 31.7. The maximum absolute atomic E-state index is 14.1. The Balaban J connectivity index is 1.69. The molecule has 2 aliphatic heterocycles. The van der Waals surface area contributed by atoms with Crippen LogP contribution in [0.4, 0.5) is 9.18 Å². The van der Waals surface area contributed by atoms with Gasteiger partial charge in [-0.2, -0.15) is 0 Å². The number of halogens is 1. The monoisotopic (exact) mass is 462 g/mol. The molecule has 0 aromatic heterocycles. The van der Waals surface area contributed by atoms with Gasteiger partial charge in [-0.3, -0.25) is 4.79 Å². The number of benzene rings is 1. The Morgan fingerprint density at radius 1 is 1.21 bits per heavy atom. The van der Waals surface area contributed by atoms with Crippen molar-refractivity contribution in [2.24, 2.45) is 0 Å². The van der Waals surface area contributed by atoms with E-state index in [2.05, 4.69) is 5.32 Å². The number of ether oxygens (including phenoxy) is 1. The first-order valence-corrected chi connectivity index (χ1v) is 11.6. The second-order valence-corrected chi connectivity index (χ2v) is 10.9. The number of nitrogens with zero attached hydrogens (tertiary/aromatic N) is 1. The SMILES string of the molecule is CC(C)(C)OC(=O)NC1CCCN(C(=O)Cc2cc(F)ccc2B2OC(C)(C)C(C)(C)O2)C1. The molecule has 2 fully saturated rings. The van der Waals surface area contributed by atoms with Gasteiger partial charge in [0.1, 0.15) is 11.4 Å². The topological polar surface area (TPSA) is 77.1 Å². The predicted molar refractivity (Wildman–Crippen MR) is 125 cm³/mol. The summed E-state index contributed by atoms with van der Waals surface area (Å²) in [5, 5.41) is 2.85. The summed E-state index contributed by atoms with van der Waals surface area (Å²) in [6, 6.07) is 4.17. The molecule has 9 heteroatoms. The van der Waals surface area contributed by atoms with E-state index in [0.717, 1.165) is 12.8 Å². The lowest BCUT2D eigenvalue weighted by molar-refractivity contribution is -0.131. The summed E-state index contributed by atoms with van der Waals surface area (Å²) in [7, 11) is -0.679. The van der Waals surface area contributed by atoms with Crippen LogP contribution in [0.3, 0.4) is 0 Å². The fraction of sp³-hybridized carbons (Fsp3) is 0.667. The zero-order valence-electron chi connectivity index (χ0n) is 20.8. The van der Waals surface area contributed by atoms with E-state index in [4.69, 9.17) is 14.0 Å². The van der Waals surface area contributed by atoms with E-state index in [-0.39, 0.29) is 18.4 Å². The van der Waals surface area contributed by atoms with Gasteiger partial charge in [0.25, 0.3) is 0 Å². The van der Waals surface area contributed by atoms with Crippen LogP contribution in [-0.2, 0) is 25.3 Å². The van der Waals surface area contributed by atoms with Crippen LogP contribution in [0.2, 0.25) is 0 Å². The first-order valence-electron chi connectivity index (χ1n) is 11.6. The molecule has 2 amide bonds. The van der Waals surface area contributed by atoms with Crippen LogP contribution in [0.5, 0.6) is 0 Å². The zero-order chi connectivity index (χ0) is 24.6. The molecule has 0 spiro atoms. The van der Waals surface area contributed by atoms with E-state index < -0.39 is 35.8 Å². The number of carbonyl (C=O) groups is 2. The highest BCUT2D eigenvalue weighted by Crippen LogP contribution is 2.36. The Hall–Kier alpha value is -2.13. The van der Waals surface area contributed by atoms with Crippen LogP contribution in [0.25, 0.3) is 0 Å². The first-order chi connectivity index (χ1) is 15.2. The van der Waals surface area contributed by atoms with Crippen LogP contribution < -0.4 is 10.8 Å². The number of amides is 2. The van der Waals surface area contributed by atoms with Crippen molar-refractivity contribution in [3.63, 3.8) is 0 Å². The molecule has 7 nitrogen and oxygen atoms in total. The largest absolute Gasteiger partial charge is 0.495 e. The van der Waals surface area contributed by atoms with Crippen molar-refractivity contribution in [2.75, 3.05) is 13.1 Å². The van der Waals surface area contributed by atoms with Crippen molar-refractivity contribution in [3.8, 4) is 0 Å². The molecule has 1 aromatic rings. The summed E-state index contributed by atoms with van der Waals surface area (Å²) in [6.07, 6.45) is 1.06. The number of alkyl carbamates (subject to hydrolysis) is 1. The first kappa shape index (κ1) is 25.5. The molecular formula is C24H36BFN2O5. The number of nitrogens with one attached hydrogen (secondary N) is 1. The minimum absolute atomic E-state index is 0.0241. The molecule has 0 bridgehead atoms. The third-order valence-corrected chi connectivity index (χ3v) is 6.45. The number of rotatable bonds is 4. The van der Waals surface area contributed by atoms with E-state index >= 15 is 0 Å². The van der Waals surface area contributed by atoms with Crippen molar-refractivity contribution >= 4 is 24.6 Å². The maximum atomic E-state index is 14.1. The smallest absolute Gasteiger partial charge is 0.444 e. The molecular weight excluding hydrogens is 426 g/mol. The summed E-state index contributed by atoms with van der Waals surface area (Å²) in [5.41, 5.74) is -0.471. The van der Waals surface area contributed by atoms with Gasteiger partial charge < -0.3 is 24.3 Å². The zero-order valence-corrected chi connectivity index (χ0v) is 20.8. The number of carbonyl (C=O) groups excluding carboxylic acids is 2. The number of hydrogen-bond acceptors (Lipinski definition) is 5. The molecule has 1 aromatic carbocycles. The summed E-state index contributed by atoms with van der Waals surface area (Å²) in [6.45, 7) is 14.2. The van der Waals surface area contributed by atoms with Crippen LogP contribution in [0, 0.1) is 5.82 Å². The molecule has 0 radical (unpaired) electrons. The summed E-state index contributed by atoms with van der Waals surface area (Å²) in [5.74, 6) is -0.546. The Morgan fingerprint density at radius 2 is 1.85 bits per heavy atom. The third-order valence-electron chi connectivity index (χ3n) is 6.45. The van der Waals surface area contributed by atoms with Gasteiger partial charge in [-0.25, -0.2) is 9.18 Å². The molecule has 1 atom stereocenters. The van der Waals surface area contributed by atoms with E-state index in [9.17, 15) is 14.0 Å². The van der Waals surface area contributed by atoms with Crippen molar-refractivity contribution in [1.29, 1.82) is 0 Å². The van der Waals surface area contributed by atoms with Crippen molar-refractivity contribution in [3.05, 3.63) is 29.6 Å². The molecule has 2 saturated heterocycles. The normalized spacial score (nSPS) is 22.2. The van der Waals surface area contributed by atoms with E-state index in [1.807, 2.05) is 27.7 Å². The predicted octanol–water partition coefficient (Wildman–Crippen LogP) is 3.18. The van der Waals surface area contributed by atoms with Crippen LogP contribution in [0.1, 0.15) is 66.9 Å². The highest BCUT2D eigenvalue weighted by molar-refractivity contribution is 6.62. The Bertz CT molecular complexity index is 883. The lowest BCUT2D eigenvalue weighted by Gasteiger charge is -2.34. The van der Waals surface area contributed by atoms with Gasteiger partial charge in [0, 0.05) is 19.1 Å². The van der Waals surface area contributed by atoms with Crippen LogP contribution in [0.15, 0.2) is 18.2 Å². The minimum atomic E-state index is -0.679. The third kappa shape index (κ3) is 6.26. The number of hydrogen-bond donors (Lipinski definition) is 1. The van der Waals surface area contributed by atoms with Gasteiger partial charge in [-0.1, -0.05) is 6.07 Å². The van der Waals surface area contributed by atoms with Gasteiger partial charge >= 0.3 is 13.2 Å². The molecule has 1 N–H and O–H groups in total. The van der Waals surface area contributed by atoms with Crippen molar-refractivity contribution < 1.29 is 28.0 Å². The highest BCUT2D eigenvalue weighted by atomic mass is 19.1. The molecule has 3 rings (SSSR count). The average Bonchev–Trinajstić information content (AvgIpc) is 2.87. The number of piperidine rings is 1. The number of likely N-dealkylation sites (tertiary alicyclic amines) is 1. The lowest BCUT2D eigenvalue weighted by Crippen LogP contribution is -2.51. The van der Waals surface area contributed by atoms with Crippen molar-refractivity contribution in [1.82, 2.24) is 10.2 Å². The fourth-order valence-corrected chi connectivity index (χ4v) is 4.00. The molecule has 33 heavy (non-hydrogen) atoms. The maximum Gasteiger partial charge on any atom is 0.495 e. The van der Waals surface area contributed by atoms with E-state index in [0.29, 0.717) is 24.1 Å². The Labute approximate surface area is 196 Å². The fourth-order valence-electron chi connectivity index (χ4n) is 4.00. The Kier molecular flexibility index (Phi) is 7.15. The van der Waals surface area contributed by atoms with Crippen LogP contribution >= 0.6 is 0 Å². The quantitative estimate of drug-likeness (QED) is 0.696. The molecule has 182 valence electrons. The van der Waals surface area contributed by atoms with Gasteiger partial charge in [-0.05, 0) is 84.5 Å². The molecule has 2 heterocycles. The van der Waals surface area contributed by atoms with Crippen LogP contribution in [-0.4, -0.2) is 60.0 Å². The standard InChI is InChI=1S/C24H36BFN2O5/c1-22(2,3)31-21(30)27-18-9-8-12-28(15-18)20(29)14-16-13-17(26)10-11-19(16)25-32-23(4,5)24(6,7)33-25/h10-11,13,18H,8-9,12,14-15H2,1-7H3,(H,27,30). The molecule has 1 unspecified atom stereocenters. The van der Waals surface area contributed by atoms with Gasteiger partial charge in [0.05, 0.1) is 17.6 Å². The second kappa shape index (κ2) is 9.26. The second-order valence-electron chi connectivity index (χ2n) is 10.9. The van der Waals surface area contributed by atoms with Crippen molar-refractivity contribution in [2.45, 2.75) is 90.6 Å². The van der Waals surface area contributed by atoms with Gasteiger partial charge in [-0.15, -0.1) is 0 Å².